The van der Waals surface area contributed by atoms with Crippen molar-refractivity contribution in [3.63, 3.8) is 0 Å². The largest absolute Gasteiger partial charge is 0.444 e. The van der Waals surface area contributed by atoms with Crippen molar-refractivity contribution in [3.05, 3.63) is 59.9 Å². The second kappa shape index (κ2) is 13.4. The van der Waals surface area contributed by atoms with E-state index in [1.165, 1.54) is 27.9 Å². The van der Waals surface area contributed by atoms with Crippen LogP contribution in [0, 0.1) is 5.82 Å². The Hall–Kier alpha value is -4.03. The van der Waals surface area contributed by atoms with Gasteiger partial charge < -0.3 is 24.3 Å². The standard InChI is InChI=1S/C28H33FN4O7/c1-20(35)7-9-23-16-31(28(38)40-23)22-8-10-25(24(29)15-22)30-11-13-32(26(36)17-34)33(14-12-30)27(37)19-39-18-21-5-3-2-4-6-21/h2-6,8,10,15,23,34H,7,9,11-14,16-19H2,1H3/t23-/m0/s1. The van der Waals surface area contributed by atoms with E-state index in [0.717, 1.165) is 5.56 Å². The van der Waals surface area contributed by atoms with Crippen molar-refractivity contribution in [2.45, 2.75) is 32.5 Å². The maximum absolute atomic E-state index is 15.3. The van der Waals surface area contributed by atoms with Crippen LogP contribution >= 0.6 is 0 Å². The third kappa shape index (κ3) is 7.13. The van der Waals surface area contributed by atoms with Gasteiger partial charge in [-0.1, -0.05) is 30.3 Å². The van der Waals surface area contributed by atoms with E-state index in [9.17, 15) is 24.3 Å². The Morgan fingerprint density at radius 3 is 2.38 bits per heavy atom. The highest BCUT2D eigenvalue weighted by Crippen LogP contribution is 2.29. The summed E-state index contributed by atoms with van der Waals surface area (Å²) in [6, 6.07) is 13.7. The summed E-state index contributed by atoms with van der Waals surface area (Å²) in [5, 5.41) is 11.9. The van der Waals surface area contributed by atoms with Gasteiger partial charge >= 0.3 is 6.09 Å². The number of halogens is 1. The molecule has 0 spiro atoms. The second-order valence-corrected chi connectivity index (χ2v) is 9.65. The van der Waals surface area contributed by atoms with Crippen LogP contribution in [0.1, 0.15) is 25.3 Å². The highest BCUT2D eigenvalue weighted by Gasteiger charge is 2.34. The first-order valence-electron chi connectivity index (χ1n) is 13.1. The number of aliphatic hydroxyl groups is 1. The zero-order chi connectivity index (χ0) is 28.6. The number of benzene rings is 2. The molecular formula is C28H33FN4O7. The minimum absolute atomic E-state index is 0.00146. The lowest BCUT2D eigenvalue weighted by Gasteiger charge is -2.32. The van der Waals surface area contributed by atoms with Crippen molar-refractivity contribution in [1.82, 2.24) is 10.0 Å². The molecule has 0 aromatic heterocycles. The molecule has 2 aromatic carbocycles. The SMILES string of the molecule is CC(=O)CC[C@H]1CN(c2ccc(N3CCN(C(=O)CO)N(C(=O)COCc4ccccc4)CC3)c(F)c2)C(=O)O1. The highest BCUT2D eigenvalue weighted by atomic mass is 19.1. The summed E-state index contributed by atoms with van der Waals surface area (Å²) >= 11 is 0. The van der Waals surface area contributed by atoms with Crippen LogP contribution in [-0.4, -0.2) is 90.9 Å². The Morgan fingerprint density at radius 2 is 1.73 bits per heavy atom. The molecule has 2 aromatic rings. The zero-order valence-electron chi connectivity index (χ0n) is 22.3. The molecule has 2 saturated heterocycles. The average molecular weight is 557 g/mol. The average Bonchev–Trinajstić information content (AvgIpc) is 3.18. The molecule has 40 heavy (non-hydrogen) atoms. The molecule has 3 amide bonds. The number of hydrazine groups is 1. The lowest BCUT2D eigenvalue weighted by Crippen LogP contribution is -2.52. The minimum Gasteiger partial charge on any atom is -0.444 e. The maximum atomic E-state index is 15.3. The zero-order valence-corrected chi connectivity index (χ0v) is 22.3. The number of carbonyl (C=O) groups is 4. The van der Waals surface area contributed by atoms with E-state index in [1.54, 1.807) is 17.0 Å². The topological polar surface area (TPSA) is 120 Å². The van der Waals surface area contributed by atoms with E-state index in [4.69, 9.17) is 9.47 Å². The van der Waals surface area contributed by atoms with E-state index in [1.807, 2.05) is 30.3 Å². The number of anilines is 2. The molecule has 214 valence electrons. The van der Waals surface area contributed by atoms with Gasteiger partial charge in [-0.2, -0.15) is 0 Å². The first-order chi connectivity index (χ1) is 19.3. The third-order valence-electron chi connectivity index (χ3n) is 6.78. The fourth-order valence-corrected chi connectivity index (χ4v) is 4.70. The number of rotatable bonds is 10. The molecule has 12 heteroatoms. The molecule has 0 radical (unpaired) electrons. The van der Waals surface area contributed by atoms with Crippen LogP contribution < -0.4 is 9.80 Å². The van der Waals surface area contributed by atoms with Crippen molar-refractivity contribution >= 4 is 35.1 Å². The molecule has 2 fully saturated rings. The van der Waals surface area contributed by atoms with E-state index in [0.29, 0.717) is 18.5 Å². The highest BCUT2D eigenvalue weighted by molar-refractivity contribution is 5.90. The number of carbonyl (C=O) groups excluding carboxylic acids is 4. The van der Waals surface area contributed by atoms with Gasteiger partial charge in [-0.25, -0.2) is 19.2 Å². The third-order valence-corrected chi connectivity index (χ3v) is 6.78. The monoisotopic (exact) mass is 556 g/mol. The predicted molar refractivity (Wildman–Crippen MR) is 143 cm³/mol. The minimum atomic E-state index is -0.781. The Labute approximate surface area is 231 Å². The summed E-state index contributed by atoms with van der Waals surface area (Å²) in [4.78, 5) is 52.1. The smallest absolute Gasteiger partial charge is 0.414 e. The number of Topliss-reactive ketones (excluding diaryl/α,β-unsaturated/α-hetero) is 1. The van der Waals surface area contributed by atoms with Gasteiger partial charge in [0.2, 0.25) is 0 Å². The summed E-state index contributed by atoms with van der Waals surface area (Å²) in [5.41, 5.74) is 1.47. The van der Waals surface area contributed by atoms with Gasteiger partial charge in [0.05, 0.1) is 37.6 Å². The summed E-state index contributed by atoms with van der Waals surface area (Å²) in [6.45, 7) is 1.39. The Balaban J connectivity index is 1.41. The number of hydrogen-bond donors (Lipinski definition) is 1. The van der Waals surface area contributed by atoms with Crippen molar-refractivity contribution in [1.29, 1.82) is 0 Å². The number of amides is 3. The van der Waals surface area contributed by atoms with Crippen molar-refractivity contribution in [3.8, 4) is 0 Å². The van der Waals surface area contributed by atoms with Gasteiger partial charge in [-0.15, -0.1) is 0 Å². The molecule has 1 N–H and O–H groups in total. The number of ether oxygens (including phenoxy) is 2. The van der Waals surface area contributed by atoms with E-state index < -0.39 is 36.4 Å². The molecule has 0 aliphatic carbocycles. The van der Waals surface area contributed by atoms with Gasteiger partial charge in [-0.3, -0.25) is 14.5 Å². The van der Waals surface area contributed by atoms with Gasteiger partial charge in [-0.05, 0) is 37.1 Å². The summed E-state index contributed by atoms with van der Waals surface area (Å²) in [6.07, 6.45) is -0.346. The normalized spacial score (nSPS) is 17.6. The Morgan fingerprint density at radius 1 is 1.02 bits per heavy atom. The maximum Gasteiger partial charge on any atom is 0.414 e. The lowest BCUT2D eigenvalue weighted by atomic mass is 10.1. The number of nitrogens with zero attached hydrogens (tertiary/aromatic N) is 4. The number of cyclic esters (lactones) is 1. The van der Waals surface area contributed by atoms with Crippen LogP contribution in [0.2, 0.25) is 0 Å². The molecular weight excluding hydrogens is 523 g/mol. The van der Waals surface area contributed by atoms with Gasteiger partial charge in [0, 0.05) is 19.5 Å². The van der Waals surface area contributed by atoms with E-state index >= 15 is 4.39 Å². The van der Waals surface area contributed by atoms with E-state index in [-0.39, 0.29) is 57.4 Å². The Bertz CT molecular complexity index is 1230. The molecule has 1 atom stereocenters. The molecule has 0 unspecified atom stereocenters. The summed E-state index contributed by atoms with van der Waals surface area (Å²) < 4.78 is 26.2. The van der Waals surface area contributed by atoms with E-state index in [2.05, 4.69) is 0 Å². The summed E-state index contributed by atoms with van der Waals surface area (Å²) in [7, 11) is 0. The fraction of sp³-hybridized carbons (Fsp3) is 0.429. The number of ketones is 1. The molecule has 2 aliphatic rings. The van der Waals surface area contributed by atoms with Crippen LogP contribution in [0.3, 0.4) is 0 Å². The van der Waals surface area contributed by atoms with Crippen LogP contribution in [0.25, 0.3) is 0 Å². The first kappa shape index (κ1) is 29.0. The van der Waals surface area contributed by atoms with Crippen molar-refractivity contribution in [2.75, 3.05) is 55.7 Å². The molecule has 4 rings (SSSR count). The molecule has 0 bridgehead atoms. The van der Waals surface area contributed by atoms with Gasteiger partial charge in [0.25, 0.3) is 11.8 Å². The second-order valence-electron chi connectivity index (χ2n) is 9.65. The van der Waals surface area contributed by atoms with Crippen molar-refractivity contribution in [2.24, 2.45) is 0 Å². The van der Waals surface area contributed by atoms with Crippen LogP contribution in [0.4, 0.5) is 20.6 Å². The molecule has 2 heterocycles. The molecule has 0 saturated carbocycles. The molecule has 2 aliphatic heterocycles. The lowest BCUT2D eigenvalue weighted by molar-refractivity contribution is -0.167. The summed E-state index contributed by atoms with van der Waals surface area (Å²) in [5.74, 6) is -1.69. The predicted octanol–water partition coefficient (Wildman–Crippen LogP) is 2.12. The van der Waals surface area contributed by atoms with Crippen LogP contribution in [0.15, 0.2) is 48.5 Å². The number of hydrogen-bond acceptors (Lipinski definition) is 8. The van der Waals surface area contributed by atoms with Crippen LogP contribution in [-0.2, 0) is 30.5 Å². The fourth-order valence-electron chi connectivity index (χ4n) is 4.70. The quantitative estimate of drug-likeness (QED) is 0.473. The number of aliphatic hydroxyl groups excluding tert-OH is 1. The van der Waals surface area contributed by atoms with Crippen LogP contribution in [0.5, 0.6) is 0 Å². The van der Waals surface area contributed by atoms with Gasteiger partial charge in [0.15, 0.2) is 0 Å². The first-order valence-corrected chi connectivity index (χ1v) is 13.1. The molecule has 11 nitrogen and oxygen atoms in total. The van der Waals surface area contributed by atoms with Gasteiger partial charge in [0.1, 0.15) is 30.9 Å². The van der Waals surface area contributed by atoms with Crippen molar-refractivity contribution < 1.29 is 38.1 Å². The Kier molecular flexibility index (Phi) is 9.67.